The molecular formula is C23H17NO6. The highest BCUT2D eigenvalue weighted by Gasteiger charge is 2.09. The number of fused-ring (bicyclic) bond motifs is 1. The maximum absolute atomic E-state index is 12.6. The fourth-order valence-corrected chi connectivity index (χ4v) is 3.00. The van der Waals surface area contributed by atoms with Crippen molar-refractivity contribution in [2.75, 3.05) is 7.11 Å². The second-order valence-electron chi connectivity index (χ2n) is 6.57. The lowest BCUT2D eigenvalue weighted by molar-refractivity contribution is -0.384. The number of nitro benzene ring substituents is 1. The third-order valence-corrected chi connectivity index (χ3v) is 4.63. The van der Waals surface area contributed by atoms with Gasteiger partial charge in [-0.15, -0.1) is 0 Å². The van der Waals surface area contributed by atoms with Crippen LogP contribution in [-0.4, -0.2) is 12.0 Å². The van der Waals surface area contributed by atoms with E-state index in [1.165, 1.54) is 18.2 Å². The molecule has 0 spiro atoms. The van der Waals surface area contributed by atoms with Crippen molar-refractivity contribution in [1.29, 1.82) is 0 Å². The number of ether oxygens (including phenoxy) is 2. The Morgan fingerprint density at radius 2 is 1.63 bits per heavy atom. The Balaban J connectivity index is 1.55. The summed E-state index contributed by atoms with van der Waals surface area (Å²) in [6.45, 7) is 0.221. The van der Waals surface area contributed by atoms with E-state index >= 15 is 0 Å². The Kier molecular flexibility index (Phi) is 5.17. The molecule has 1 heterocycles. The van der Waals surface area contributed by atoms with E-state index in [2.05, 4.69) is 0 Å². The topological polar surface area (TPSA) is 91.8 Å². The van der Waals surface area contributed by atoms with Gasteiger partial charge in [-0.3, -0.25) is 14.9 Å². The largest absolute Gasteiger partial charge is 0.497 e. The normalized spacial score (nSPS) is 10.7. The predicted molar refractivity (Wildman–Crippen MR) is 112 cm³/mol. The smallest absolute Gasteiger partial charge is 0.269 e. The van der Waals surface area contributed by atoms with Gasteiger partial charge in [0.15, 0.2) is 5.43 Å². The SMILES string of the molecule is COc1ccc(-c2cc(=O)c3cc(OCc4ccc([N+](=O)[O-])cc4)ccc3o2)cc1. The van der Waals surface area contributed by atoms with Gasteiger partial charge in [0, 0.05) is 23.8 Å². The number of methoxy groups -OCH3 is 1. The number of nitrogens with zero attached hydrogens (tertiary/aromatic N) is 1. The summed E-state index contributed by atoms with van der Waals surface area (Å²) < 4.78 is 16.8. The van der Waals surface area contributed by atoms with Gasteiger partial charge in [0.05, 0.1) is 17.4 Å². The first-order valence-corrected chi connectivity index (χ1v) is 9.12. The van der Waals surface area contributed by atoms with E-state index in [0.29, 0.717) is 22.5 Å². The van der Waals surface area contributed by atoms with E-state index < -0.39 is 4.92 Å². The molecule has 0 fully saturated rings. The van der Waals surface area contributed by atoms with Crippen molar-refractivity contribution in [3.05, 3.63) is 98.7 Å². The van der Waals surface area contributed by atoms with Crippen LogP contribution in [0, 0.1) is 10.1 Å². The maximum atomic E-state index is 12.6. The Morgan fingerprint density at radius 1 is 0.933 bits per heavy atom. The molecule has 7 heteroatoms. The first kappa shape index (κ1) is 19.2. The molecule has 4 rings (SSSR count). The summed E-state index contributed by atoms with van der Waals surface area (Å²) in [6, 6.07) is 19.8. The number of non-ortho nitro benzene ring substituents is 1. The van der Waals surface area contributed by atoms with Gasteiger partial charge < -0.3 is 13.9 Å². The van der Waals surface area contributed by atoms with Gasteiger partial charge in [-0.2, -0.15) is 0 Å². The summed E-state index contributed by atoms with van der Waals surface area (Å²) in [5.74, 6) is 1.69. The molecule has 0 aliphatic rings. The van der Waals surface area contributed by atoms with E-state index in [4.69, 9.17) is 13.9 Å². The van der Waals surface area contributed by atoms with Gasteiger partial charge in [0.2, 0.25) is 0 Å². The summed E-state index contributed by atoms with van der Waals surface area (Å²) in [7, 11) is 1.59. The van der Waals surface area contributed by atoms with Gasteiger partial charge in [-0.1, -0.05) is 0 Å². The molecule has 150 valence electrons. The first-order valence-electron chi connectivity index (χ1n) is 9.12. The van der Waals surface area contributed by atoms with Crippen LogP contribution in [0.3, 0.4) is 0 Å². The predicted octanol–water partition coefficient (Wildman–Crippen LogP) is 4.96. The van der Waals surface area contributed by atoms with Gasteiger partial charge in [-0.25, -0.2) is 0 Å². The van der Waals surface area contributed by atoms with E-state index in [-0.39, 0.29) is 17.7 Å². The molecule has 0 unspecified atom stereocenters. The number of rotatable bonds is 6. The Bertz CT molecular complexity index is 1260. The van der Waals surface area contributed by atoms with Gasteiger partial charge >= 0.3 is 0 Å². The Morgan fingerprint density at radius 3 is 2.30 bits per heavy atom. The second-order valence-corrected chi connectivity index (χ2v) is 6.57. The molecule has 0 amide bonds. The van der Waals surface area contributed by atoms with Crippen LogP contribution in [0.15, 0.2) is 82.0 Å². The molecule has 4 aromatic rings. The third kappa shape index (κ3) is 4.00. The average Bonchev–Trinajstić information content (AvgIpc) is 2.78. The standard InChI is InChI=1S/C23H17NO6/c1-28-18-8-4-16(5-9-18)23-13-21(25)20-12-19(10-11-22(20)30-23)29-14-15-2-6-17(7-3-15)24(26)27/h2-13H,14H2,1H3. The molecule has 7 nitrogen and oxygen atoms in total. The fraction of sp³-hybridized carbons (Fsp3) is 0.0870. The lowest BCUT2D eigenvalue weighted by Crippen LogP contribution is -2.02. The van der Waals surface area contributed by atoms with Crippen LogP contribution < -0.4 is 14.9 Å². The lowest BCUT2D eigenvalue weighted by Gasteiger charge is -2.08. The molecule has 0 atom stereocenters. The van der Waals surface area contributed by atoms with Crippen LogP contribution >= 0.6 is 0 Å². The minimum Gasteiger partial charge on any atom is -0.497 e. The molecule has 0 N–H and O–H groups in total. The highest BCUT2D eigenvalue weighted by molar-refractivity contribution is 5.80. The van der Waals surface area contributed by atoms with E-state index in [1.54, 1.807) is 49.6 Å². The van der Waals surface area contributed by atoms with Crippen LogP contribution in [0.1, 0.15) is 5.56 Å². The summed E-state index contributed by atoms with van der Waals surface area (Å²) in [5.41, 5.74) is 1.85. The van der Waals surface area contributed by atoms with Gasteiger partial charge in [0.1, 0.15) is 29.4 Å². The van der Waals surface area contributed by atoms with Gasteiger partial charge in [-0.05, 0) is 60.2 Å². The number of hydrogen-bond donors (Lipinski definition) is 0. The van der Waals surface area contributed by atoms with E-state index in [0.717, 1.165) is 16.9 Å². The van der Waals surface area contributed by atoms with Crippen LogP contribution in [-0.2, 0) is 6.61 Å². The highest BCUT2D eigenvalue weighted by Crippen LogP contribution is 2.26. The van der Waals surface area contributed by atoms with Crippen molar-refractivity contribution in [3.63, 3.8) is 0 Å². The summed E-state index contributed by atoms with van der Waals surface area (Å²) in [4.78, 5) is 22.9. The minimum atomic E-state index is -0.451. The van der Waals surface area contributed by atoms with Crippen LogP contribution in [0.2, 0.25) is 0 Å². The fourth-order valence-electron chi connectivity index (χ4n) is 3.00. The summed E-state index contributed by atoms with van der Waals surface area (Å²) in [6.07, 6.45) is 0. The average molecular weight is 403 g/mol. The quantitative estimate of drug-likeness (QED) is 0.334. The highest BCUT2D eigenvalue weighted by atomic mass is 16.6. The van der Waals surface area contributed by atoms with Gasteiger partial charge in [0.25, 0.3) is 5.69 Å². The van der Waals surface area contributed by atoms with Crippen molar-refractivity contribution in [2.24, 2.45) is 0 Å². The number of nitro groups is 1. The van der Waals surface area contributed by atoms with Crippen molar-refractivity contribution < 1.29 is 18.8 Å². The molecule has 0 bridgehead atoms. The van der Waals surface area contributed by atoms with Crippen LogP contribution in [0.25, 0.3) is 22.3 Å². The number of benzene rings is 3. The Hall–Kier alpha value is -4.13. The van der Waals surface area contributed by atoms with Crippen LogP contribution in [0.5, 0.6) is 11.5 Å². The molecule has 0 saturated heterocycles. The minimum absolute atomic E-state index is 0.0229. The summed E-state index contributed by atoms with van der Waals surface area (Å²) in [5, 5.41) is 11.1. The van der Waals surface area contributed by atoms with E-state index in [9.17, 15) is 14.9 Å². The molecule has 1 aromatic heterocycles. The monoisotopic (exact) mass is 403 g/mol. The van der Waals surface area contributed by atoms with Crippen molar-refractivity contribution in [3.8, 4) is 22.8 Å². The molecule has 30 heavy (non-hydrogen) atoms. The lowest BCUT2D eigenvalue weighted by atomic mass is 10.1. The molecule has 3 aromatic carbocycles. The molecule has 0 aliphatic heterocycles. The van der Waals surface area contributed by atoms with Crippen molar-refractivity contribution in [2.45, 2.75) is 6.61 Å². The zero-order valence-electron chi connectivity index (χ0n) is 16.0. The zero-order chi connectivity index (χ0) is 21.1. The summed E-state index contributed by atoms with van der Waals surface area (Å²) >= 11 is 0. The van der Waals surface area contributed by atoms with Crippen LogP contribution in [0.4, 0.5) is 5.69 Å². The molecule has 0 saturated carbocycles. The molecule has 0 radical (unpaired) electrons. The number of hydrogen-bond acceptors (Lipinski definition) is 6. The van der Waals surface area contributed by atoms with Crippen molar-refractivity contribution >= 4 is 16.7 Å². The maximum Gasteiger partial charge on any atom is 0.269 e. The Labute approximate surface area is 171 Å². The first-order chi connectivity index (χ1) is 14.5. The second kappa shape index (κ2) is 8.08. The zero-order valence-corrected chi connectivity index (χ0v) is 16.0. The van der Waals surface area contributed by atoms with Crippen molar-refractivity contribution in [1.82, 2.24) is 0 Å². The van der Waals surface area contributed by atoms with E-state index in [1.807, 2.05) is 12.1 Å². The molecular weight excluding hydrogens is 386 g/mol. The third-order valence-electron chi connectivity index (χ3n) is 4.63. The molecule has 0 aliphatic carbocycles.